The largest absolute Gasteiger partial charge is 0.455 e. The van der Waals surface area contributed by atoms with Crippen molar-refractivity contribution in [2.75, 3.05) is 0 Å². The molecule has 0 N–H and O–H groups in total. The number of fused-ring (bicyclic) bond motifs is 11. The highest BCUT2D eigenvalue weighted by Crippen LogP contribution is 2.47. The van der Waals surface area contributed by atoms with Gasteiger partial charge in [-0.25, -0.2) is 0 Å². The molecule has 236 valence electrons. The van der Waals surface area contributed by atoms with Crippen molar-refractivity contribution >= 4 is 75.8 Å². The maximum absolute atomic E-state index is 6.82. The number of rotatable bonds is 3. The lowest BCUT2D eigenvalue weighted by Crippen LogP contribution is -1.91. The zero-order chi connectivity index (χ0) is 33.5. The van der Waals surface area contributed by atoms with Crippen molar-refractivity contribution in [3.8, 4) is 33.4 Å². The van der Waals surface area contributed by atoms with Crippen LogP contribution in [0, 0.1) is 0 Å². The van der Waals surface area contributed by atoms with E-state index in [4.69, 9.17) is 4.42 Å². The molecule has 0 fully saturated rings. The molecule has 1 heterocycles. The molecule has 0 spiro atoms. The van der Waals surface area contributed by atoms with E-state index in [1.54, 1.807) is 0 Å². The molecule has 51 heavy (non-hydrogen) atoms. The fourth-order valence-electron chi connectivity index (χ4n) is 8.52. The first kappa shape index (κ1) is 28.2. The minimum atomic E-state index is 0.911. The van der Waals surface area contributed by atoms with Gasteiger partial charge >= 0.3 is 0 Å². The van der Waals surface area contributed by atoms with Crippen LogP contribution < -0.4 is 0 Å². The molecule has 0 atom stereocenters. The molecule has 0 saturated heterocycles. The smallest absolute Gasteiger partial charge is 0.143 e. The predicted molar refractivity (Wildman–Crippen MR) is 218 cm³/mol. The molecule has 0 amide bonds. The Balaban J connectivity index is 1.19. The molecule has 11 rings (SSSR count). The van der Waals surface area contributed by atoms with Crippen LogP contribution in [0.4, 0.5) is 0 Å². The van der Waals surface area contributed by atoms with Crippen molar-refractivity contribution < 1.29 is 4.42 Å². The van der Waals surface area contributed by atoms with Crippen molar-refractivity contribution in [3.63, 3.8) is 0 Å². The van der Waals surface area contributed by atoms with E-state index in [1.165, 1.54) is 81.7 Å². The summed E-state index contributed by atoms with van der Waals surface area (Å²) in [4.78, 5) is 0. The lowest BCUT2D eigenvalue weighted by molar-refractivity contribution is 0.673. The zero-order valence-corrected chi connectivity index (χ0v) is 27.7. The Bertz CT molecular complexity index is 3130. The standard InChI is InChI=1S/C50H30O/c1-2-12-31(13-3-1)34-24-27-44-46(30-34)51-50-43-26-25-36(29-45(43)37-16-6-7-17-38(37)49(44)50)48-41-20-10-8-18-39(41)47(40-19-9-11-21-42(40)48)35-23-22-32-14-4-5-15-33(32)28-35/h1-30H. The van der Waals surface area contributed by atoms with E-state index in [-0.39, 0.29) is 0 Å². The Morgan fingerprint density at radius 1 is 0.275 bits per heavy atom. The normalized spacial score (nSPS) is 11.9. The molecule has 0 saturated carbocycles. The number of hydrogen-bond acceptors (Lipinski definition) is 1. The van der Waals surface area contributed by atoms with Gasteiger partial charge in [-0.2, -0.15) is 0 Å². The minimum Gasteiger partial charge on any atom is -0.455 e. The van der Waals surface area contributed by atoms with E-state index < -0.39 is 0 Å². The summed E-state index contributed by atoms with van der Waals surface area (Å²) in [5.41, 5.74) is 9.17. The molecule has 0 aliphatic rings. The van der Waals surface area contributed by atoms with Crippen LogP contribution in [0.3, 0.4) is 0 Å². The van der Waals surface area contributed by atoms with Gasteiger partial charge < -0.3 is 4.42 Å². The quantitative estimate of drug-likeness (QED) is 0.138. The lowest BCUT2D eigenvalue weighted by atomic mass is 9.85. The van der Waals surface area contributed by atoms with Gasteiger partial charge in [-0.05, 0) is 112 Å². The third-order valence-electron chi connectivity index (χ3n) is 10.8. The van der Waals surface area contributed by atoms with Gasteiger partial charge in [0.15, 0.2) is 0 Å². The first-order valence-corrected chi connectivity index (χ1v) is 17.6. The summed E-state index contributed by atoms with van der Waals surface area (Å²) in [7, 11) is 0. The molecule has 0 aliphatic carbocycles. The van der Waals surface area contributed by atoms with Gasteiger partial charge in [0.2, 0.25) is 0 Å². The molecule has 0 bridgehead atoms. The molecule has 1 heteroatoms. The van der Waals surface area contributed by atoms with Crippen LogP contribution in [0.25, 0.3) is 109 Å². The summed E-state index contributed by atoms with van der Waals surface area (Å²) < 4.78 is 6.82. The SMILES string of the molecule is c1ccc(-c2ccc3c(c2)oc2c4ccc(-c5c6ccccc6c(-c6ccc7ccccc7c6)c6ccccc56)cc4c4ccccc4c32)cc1. The van der Waals surface area contributed by atoms with Crippen LogP contribution in [-0.2, 0) is 0 Å². The second-order valence-corrected chi connectivity index (χ2v) is 13.6. The lowest BCUT2D eigenvalue weighted by Gasteiger charge is -2.18. The molecule has 1 nitrogen and oxygen atoms in total. The van der Waals surface area contributed by atoms with Gasteiger partial charge in [-0.1, -0.05) is 152 Å². The van der Waals surface area contributed by atoms with Crippen LogP contribution in [0.2, 0.25) is 0 Å². The van der Waals surface area contributed by atoms with Crippen LogP contribution in [-0.4, -0.2) is 0 Å². The fourth-order valence-corrected chi connectivity index (χ4v) is 8.52. The van der Waals surface area contributed by atoms with Crippen LogP contribution in [0.15, 0.2) is 186 Å². The average molecular weight is 647 g/mol. The third kappa shape index (κ3) is 4.22. The van der Waals surface area contributed by atoms with E-state index in [1.807, 2.05) is 0 Å². The topological polar surface area (TPSA) is 13.1 Å². The van der Waals surface area contributed by atoms with Gasteiger partial charge in [0.05, 0.1) is 0 Å². The summed E-state index contributed by atoms with van der Waals surface area (Å²) in [6.07, 6.45) is 0. The molecule has 0 unspecified atom stereocenters. The molecular formula is C50H30O. The van der Waals surface area contributed by atoms with E-state index in [0.717, 1.165) is 27.5 Å². The third-order valence-corrected chi connectivity index (χ3v) is 10.8. The highest BCUT2D eigenvalue weighted by molar-refractivity contribution is 6.31. The Labute approximate surface area is 294 Å². The van der Waals surface area contributed by atoms with E-state index in [9.17, 15) is 0 Å². The Morgan fingerprint density at radius 3 is 1.51 bits per heavy atom. The molecular weight excluding hydrogens is 617 g/mol. The number of furan rings is 1. The Kier molecular flexibility index (Phi) is 6.02. The summed E-state index contributed by atoms with van der Waals surface area (Å²) in [5, 5.41) is 14.6. The minimum absolute atomic E-state index is 0.911. The second-order valence-electron chi connectivity index (χ2n) is 13.6. The first-order valence-electron chi connectivity index (χ1n) is 17.6. The summed E-state index contributed by atoms with van der Waals surface area (Å²) in [6.45, 7) is 0. The first-order chi connectivity index (χ1) is 25.3. The summed E-state index contributed by atoms with van der Waals surface area (Å²) in [5.74, 6) is 0. The zero-order valence-electron chi connectivity index (χ0n) is 27.7. The van der Waals surface area contributed by atoms with E-state index in [0.29, 0.717) is 0 Å². The summed E-state index contributed by atoms with van der Waals surface area (Å²) >= 11 is 0. The molecule has 1 aromatic heterocycles. The van der Waals surface area contributed by atoms with Gasteiger partial charge in [0, 0.05) is 16.2 Å². The fraction of sp³-hybridized carbons (Fsp3) is 0. The van der Waals surface area contributed by atoms with Crippen molar-refractivity contribution in [3.05, 3.63) is 182 Å². The van der Waals surface area contributed by atoms with Gasteiger partial charge in [-0.3, -0.25) is 0 Å². The van der Waals surface area contributed by atoms with Gasteiger partial charge in [0.1, 0.15) is 11.2 Å². The Morgan fingerprint density at radius 2 is 0.804 bits per heavy atom. The molecule has 10 aromatic carbocycles. The van der Waals surface area contributed by atoms with Crippen LogP contribution in [0.5, 0.6) is 0 Å². The van der Waals surface area contributed by atoms with Crippen LogP contribution >= 0.6 is 0 Å². The van der Waals surface area contributed by atoms with Gasteiger partial charge in [-0.15, -0.1) is 0 Å². The van der Waals surface area contributed by atoms with Crippen molar-refractivity contribution in [1.29, 1.82) is 0 Å². The van der Waals surface area contributed by atoms with E-state index in [2.05, 4.69) is 182 Å². The van der Waals surface area contributed by atoms with E-state index >= 15 is 0 Å². The second kappa shape index (κ2) is 10.9. The van der Waals surface area contributed by atoms with Crippen molar-refractivity contribution in [2.45, 2.75) is 0 Å². The molecule has 11 aromatic rings. The maximum atomic E-state index is 6.82. The Hall–Kier alpha value is -6.70. The number of benzene rings is 10. The van der Waals surface area contributed by atoms with Crippen LogP contribution in [0.1, 0.15) is 0 Å². The highest BCUT2D eigenvalue weighted by atomic mass is 16.3. The number of hydrogen-bond donors (Lipinski definition) is 0. The maximum Gasteiger partial charge on any atom is 0.143 e. The highest BCUT2D eigenvalue weighted by Gasteiger charge is 2.20. The predicted octanol–water partition coefficient (Wildman–Crippen LogP) is 14.4. The average Bonchev–Trinajstić information content (AvgIpc) is 3.59. The molecule has 0 radical (unpaired) electrons. The van der Waals surface area contributed by atoms with Gasteiger partial charge in [0.25, 0.3) is 0 Å². The van der Waals surface area contributed by atoms with Crippen molar-refractivity contribution in [1.82, 2.24) is 0 Å². The van der Waals surface area contributed by atoms with Crippen molar-refractivity contribution in [2.24, 2.45) is 0 Å². The molecule has 0 aliphatic heterocycles. The summed E-state index contributed by atoms with van der Waals surface area (Å²) in [6, 6.07) is 66.2. The monoisotopic (exact) mass is 646 g/mol.